The van der Waals surface area contributed by atoms with E-state index in [4.69, 9.17) is 0 Å². The normalized spacial score (nSPS) is 13.7. The molecule has 1 N–H and O–H groups in total. The van der Waals surface area contributed by atoms with Crippen molar-refractivity contribution in [1.29, 1.82) is 0 Å². The molecular weight excluding hydrogens is 304 g/mol. The molecule has 25 heavy (non-hydrogen) atoms. The van der Waals surface area contributed by atoms with Crippen LogP contribution in [0.4, 0.5) is 0 Å². The lowest BCUT2D eigenvalue weighted by atomic mass is 9.86. The van der Waals surface area contributed by atoms with Crippen molar-refractivity contribution < 1.29 is 5.11 Å². The zero-order valence-corrected chi connectivity index (χ0v) is 17.0. The van der Waals surface area contributed by atoms with E-state index in [2.05, 4.69) is 72.7 Å². The molecule has 0 fully saturated rings. The van der Waals surface area contributed by atoms with Gasteiger partial charge in [0.15, 0.2) is 0 Å². The number of aryl methyl sites for hydroxylation is 3. The monoisotopic (exact) mass is 338 g/mol. The molecule has 0 aliphatic rings. The zero-order chi connectivity index (χ0) is 18.7. The summed E-state index contributed by atoms with van der Waals surface area (Å²) < 4.78 is 0. The van der Waals surface area contributed by atoms with Gasteiger partial charge in [0.05, 0.1) is 0 Å². The first-order chi connectivity index (χ1) is 11.8. The van der Waals surface area contributed by atoms with Crippen LogP contribution in [0, 0.1) is 20.8 Å². The molecule has 0 radical (unpaired) electrons. The van der Waals surface area contributed by atoms with Crippen LogP contribution in [0.5, 0.6) is 5.75 Å². The van der Waals surface area contributed by atoms with E-state index in [-0.39, 0.29) is 0 Å². The van der Waals surface area contributed by atoms with Gasteiger partial charge in [0.2, 0.25) is 0 Å². The van der Waals surface area contributed by atoms with Crippen LogP contribution in [0.3, 0.4) is 0 Å². The lowest BCUT2D eigenvalue weighted by Crippen LogP contribution is -2.03. The van der Waals surface area contributed by atoms with Crippen molar-refractivity contribution in [2.45, 2.75) is 79.6 Å². The van der Waals surface area contributed by atoms with Gasteiger partial charge in [-0.25, -0.2) is 0 Å². The number of phenols is 1. The molecule has 2 unspecified atom stereocenters. The van der Waals surface area contributed by atoms with Crippen LogP contribution in [0.15, 0.2) is 24.3 Å². The summed E-state index contributed by atoms with van der Waals surface area (Å²) in [6.45, 7) is 15.4. The van der Waals surface area contributed by atoms with Gasteiger partial charge in [-0.1, -0.05) is 57.5 Å². The summed E-state index contributed by atoms with van der Waals surface area (Å²) >= 11 is 0. The Labute approximate surface area is 154 Å². The highest BCUT2D eigenvalue weighted by atomic mass is 16.3. The second kappa shape index (κ2) is 8.08. The van der Waals surface area contributed by atoms with Crippen LogP contribution in [0.1, 0.15) is 91.3 Å². The van der Waals surface area contributed by atoms with Crippen molar-refractivity contribution in [3.05, 3.63) is 63.2 Å². The van der Waals surface area contributed by atoms with Gasteiger partial charge in [0, 0.05) is 0 Å². The quantitative estimate of drug-likeness (QED) is 0.605. The lowest BCUT2D eigenvalue weighted by Gasteiger charge is -2.21. The van der Waals surface area contributed by atoms with Crippen LogP contribution >= 0.6 is 0 Å². The standard InChI is InChI=1S/C24H34O/c1-8-16(4)22-13-20(14-23(24(22)25)17(5)9-2)12-21-18(6)10-15(3)11-19(21)7/h10-11,13-14,16-17,25H,8-9,12H2,1-7H3. The van der Waals surface area contributed by atoms with E-state index in [0.717, 1.165) is 30.4 Å². The van der Waals surface area contributed by atoms with E-state index >= 15 is 0 Å². The van der Waals surface area contributed by atoms with E-state index in [1.165, 1.54) is 27.8 Å². The number of rotatable bonds is 6. The topological polar surface area (TPSA) is 20.2 Å². The maximum Gasteiger partial charge on any atom is 0.122 e. The molecule has 2 rings (SSSR count). The van der Waals surface area contributed by atoms with Gasteiger partial charge in [-0.05, 0) is 85.3 Å². The van der Waals surface area contributed by atoms with Gasteiger partial charge in [0.25, 0.3) is 0 Å². The van der Waals surface area contributed by atoms with Crippen LogP contribution in [0.25, 0.3) is 0 Å². The summed E-state index contributed by atoms with van der Waals surface area (Å²) in [6.07, 6.45) is 3.02. The van der Waals surface area contributed by atoms with Crippen molar-refractivity contribution in [1.82, 2.24) is 0 Å². The highest BCUT2D eigenvalue weighted by molar-refractivity contribution is 5.49. The third-order valence-corrected chi connectivity index (χ3v) is 5.74. The maximum atomic E-state index is 10.8. The van der Waals surface area contributed by atoms with E-state index in [1.807, 2.05) is 0 Å². The molecule has 0 bridgehead atoms. The van der Waals surface area contributed by atoms with Gasteiger partial charge < -0.3 is 5.11 Å². The zero-order valence-electron chi connectivity index (χ0n) is 17.0. The predicted octanol–water partition coefficient (Wildman–Crippen LogP) is 6.94. The van der Waals surface area contributed by atoms with Gasteiger partial charge >= 0.3 is 0 Å². The third kappa shape index (κ3) is 4.26. The molecule has 2 atom stereocenters. The van der Waals surface area contributed by atoms with Crippen molar-refractivity contribution in [2.75, 3.05) is 0 Å². The van der Waals surface area contributed by atoms with Gasteiger partial charge in [-0.2, -0.15) is 0 Å². The molecule has 1 heteroatoms. The number of aromatic hydroxyl groups is 1. The van der Waals surface area contributed by atoms with E-state index < -0.39 is 0 Å². The Morgan fingerprint density at radius 1 is 0.800 bits per heavy atom. The fourth-order valence-electron chi connectivity index (χ4n) is 3.73. The molecule has 0 amide bonds. The van der Waals surface area contributed by atoms with Crippen LogP contribution in [0.2, 0.25) is 0 Å². The molecule has 0 spiro atoms. The second-order valence-corrected chi connectivity index (χ2v) is 7.80. The van der Waals surface area contributed by atoms with Crippen LogP contribution in [-0.4, -0.2) is 5.11 Å². The van der Waals surface area contributed by atoms with E-state index in [1.54, 1.807) is 0 Å². The third-order valence-electron chi connectivity index (χ3n) is 5.74. The first kappa shape index (κ1) is 19.6. The first-order valence-electron chi connectivity index (χ1n) is 9.70. The predicted molar refractivity (Wildman–Crippen MR) is 109 cm³/mol. The summed E-state index contributed by atoms with van der Waals surface area (Å²) in [5.41, 5.74) is 9.00. The fourth-order valence-corrected chi connectivity index (χ4v) is 3.73. The van der Waals surface area contributed by atoms with Gasteiger partial charge in [-0.3, -0.25) is 0 Å². The van der Waals surface area contributed by atoms with Crippen molar-refractivity contribution in [2.24, 2.45) is 0 Å². The first-order valence-corrected chi connectivity index (χ1v) is 9.70. The molecule has 1 nitrogen and oxygen atoms in total. The lowest BCUT2D eigenvalue weighted by molar-refractivity contribution is 0.448. The molecule has 136 valence electrons. The van der Waals surface area contributed by atoms with Crippen molar-refractivity contribution in [3.63, 3.8) is 0 Å². The van der Waals surface area contributed by atoms with Crippen molar-refractivity contribution >= 4 is 0 Å². The molecule has 0 aromatic heterocycles. The number of hydrogen-bond acceptors (Lipinski definition) is 1. The highest BCUT2D eigenvalue weighted by Gasteiger charge is 2.18. The Bertz CT molecular complexity index is 688. The fraction of sp³-hybridized carbons (Fsp3) is 0.500. The van der Waals surface area contributed by atoms with E-state index in [9.17, 15) is 5.11 Å². The van der Waals surface area contributed by atoms with Gasteiger partial charge in [-0.15, -0.1) is 0 Å². The average Bonchev–Trinajstić information content (AvgIpc) is 2.57. The minimum absolute atomic E-state index is 0.378. The summed E-state index contributed by atoms with van der Waals surface area (Å²) in [4.78, 5) is 0. The maximum absolute atomic E-state index is 10.8. The number of hydrogen-bond donors (Lipinski definition) is 1. The molecular formula is C24H34O. The smallest absolute Gasteiger partial charge is 0.122 e. The van der Waals surface area contributed by atoms with Gasteiger partial charge in [0.1, 0.15) is 5.75 Å². The Morgan fingerprint density at radius 3 is 1.64 bits per heavy atom. The summed E-state index contributed by atoms with van der Waals surface area (Å²) in [5, 5.41) is 10.8. The molecule has 2 aromatic rings. The van der Waals surface area contributed by atoms with E-state index in [0.29, 0.717) is 17.6 Å². The molecule has 2 aromatic carbocycles. The van der Waals surface area contributed by atoms with Crippen LogP contribution < -0.4 is 0 Å². The minimum Gasteiger partial charge on any atom is -0.507 e. The summed E-state index contributed by atoms with van der Waals surface area (Å²) in [5.74, 6) is 1.27. The summed E-state index contributed by atoms with van der Waals surface area (Å²) in [6, 6.07) is 9.00. The Hall–Kier alpha value is -1.76. The molecule has 0 aliphatic carbocycles. The average molecular weight is 339 g/mol. The Balaban J connectivity index is 2.54. The molecule has 0 aliphatic heterocycles. The van der Waals surface area contributed by atoms with Crippen LogP contribution in [-0.2, 0) is 6.42 Å². The summed E-state index contributed by atoms with van der Waals surface area (Å²) in [7, 11) is 0. The highest BCUT2D eigenvalue weighted by Crippen LogP contribution is 2.38. The minimum atomic E-state index is 0.378. The Morgan fingerprint density at radius 2 is 1.24 bits per heavy atom. The Kier molecular flexibility index (Phi) is 6.32. The molecule has 0 saturated carbocycles. The molecule has 0 heterocycles. The largest absolute Gasteiger partial charge is 0.507 e. The SMILES string of the molecule is CCC(C)c1cc(Cc2c(C)cc(C)cc2C)cc(C(C)CC)c1O. The molecule has 0 saturated heterocycles. The second-order valence-electron chi connectivity index (χ2n) is 7.80. The number of phenolic OH excluding ortho intramolecular Hbond substituents is 1. The van der Waals surface area contributed by atoms with Crippen molar-refractivity contribution in [3.8, 4) is 5.75 Å². The number of benzene rings is 2.